The molecule has 2 heterocycles. The van der Waals surface area contributed by atoms with Crippen LogP contribution in [0.25, 0.3) is 10.8 Å². The van der Waals surface area contributed by atoms with Crippen LogP contribution >= 0.6 is 23.1 Å². The van der Waals surface area contributed by atoms with Crippen molar-refractivity contribution in [3.8, 4) is 10.8 Å². The van der Waals surface area contributed by atoms with Crippen molar-refractivity contribution in [3.63, 3.8) is 0 Å². The van der Waals surface area contributed by atoms with Crippen LogP contribution in [0.15, 0.2) is 15.7 Å². The molecule has 0 unspecified atom stereocenters. The highest BCUT2D eigenvalue weighted by Gasteiger charge is 2.30. The fourth-order valence-electron chi connectivity index (χ4n) is 2.87. The molecule has 3 rings (SSSR count). The molecule has 2 aromatic rings. The molecule has 1 aliphatic rings. The topological polar surface area (TPSA) is 59.2 Å². The van der Waals surface area contributed by atoms with E-state index < -0.39 is 0 Å². The average molecular weight is 338 g/mol. The zero-order chi connectivity index (χ0) is 15.7. The van der Waals surface area contributed by atoms with Crippen molar-refractivity contribution in [1.82, 2.24) is 10.2 Å². The Kier molecular flexibility index (Phi) is 4.61. The maximum absolute atomic E-state index is 8.84. The van der Waals surface area contributed by atoms with Gasteiger partial charge in [0.05, 0.1) is 11.5 Å². The normalized spacial score (nSPS) is 18.5. The number of aliphatic hydroxyl groups excluding tert-OH is 1. The number of aliphatic hydroxyl groups is 1. The van der Waals surface area contributed by atoms with Crippen LogP contribution in [0.2, 0.25) is 0 Å². The fraction of sp³-hybridized carbons (Fsp3) is 0.625. The molecule has 4 nitrogen and oxygen atoms in total. The zero-order valence-electron chi connectivity index (χ0n) is 13.3. The van der Waals surface area contributed by atoms with Crippen LogP contribution < -0.4 is 0 Å². The van der Waals surface area contributed by atoms with E-state index in [0.717, 1.165) is 23.6 Å². The van der Waals surface area contributed by atoms with Crippen LogP contribution in [0.3, 0.4) is 0 Å². The highest BCUT2D eigenvalue weighted by molar-refractivity contribution is 7.99. The van der Waals surface area contributed by atoms with Gasteiger partial charge in [-0.1, -0.05) is 32.5 Å². The van der Waals surface area contributed by atoms with E-state index in [1.165, 1.54) is 28.6 Å². The molecular formula is C16H22N2O2S2. The second-order valence-electron chi connectivity index (χ2n) is 6.81. The van der Waals surface area contributed by atoms with Crippen molar-refractivity contribution < 1.29 is 9.52 Å². The smallest absolute Gasteiger partial charge is 0.276 e. The third-order valence-electron chi connectivity index (χ3n) is 4.24. The second kappa shape index (κ2) is 6.34. The molecule has 6 heteroatoms. The number of thiophene rings is 1. The second-order valence-corrected chi connectivity index (χ2v) is 8.99. The molecule has 2 aromatic heterocycles. The Balaban J connectivity index is 1.78. The van der Waals surface area contributed by atoms with Gasteiger partial charge in [0.2, 0.25) is 0 Å². The van der Waals surface area contributed by atoms with Crippen LogP contribution in [0.4, 0.5) is 0 Å². The minimum atomic E-state index is 0.115. The third kappa shape index (κ3) is 3.39. The lowest BCUT2D eigenvalue weighted by atomic mass is 9.72. The highest BCUT2D eigenvalue weighted by atomic mass is 32.2. The van der Waals surface area contributed by atoms with Gasteiger partial charge in [0, 0.05) is 10.6 Å². The third-order valence-corrected chi connectivity index (χ3v) is 6.27. The molecule has 0 saturated heterocycles. The summed E-state index contributed by atoms with van der Waals surface area (Å²) in [6.07, 6.45) is 3.57. The Morgan fingerprint density at radius 3 is 2.95 bits per heavy atom. The Labute approximate surface area is 139 Å². The van der Waals surface area contributed by atoms with Crippen molar-refractivity contribution in [1.29, 1.82) is 0 Å². The first-order valence-electron chi connectivity index (χ1n) is 7.66. The first-order valence-corrected chi connectivity index (χ1v) is 9.46. The standard InChI is InChI=1S/C16H22N2O2S2/c1-16(2,3)11-4-5-12-10(8-11)9-13(22-12)14-17-18-15(20-14)21-7-6-19/h9,11,19H,4-8H2,1-3H3/t11-/m1/s1. The van der Waals surface area contributed by atoms with Gasteiger partial charge in [0.25, 0.3) is 11.1 Å². The summed E-state index contributed by atoms with van der Waals surface area (Å²) in [7, 11) is 0. The summed E-state index contributed by atoms with van der Waals surface area (Å²) in [6.45, 7) is 7.11. The molecule has 0 amide bonds. The Bertz CT molecular complexity index is 643. The van der Waals surface area contributed by atoms with Crippen LogP contribution in [0.1, 0.15) is 37.6 Å². The number of fused-ring (bicyclic) bond motifs is 1. The van der Waals surface area contributed by atoms with E-state index >= 15 is 0 Å². The molecule has 0 bridgehead atoms. The fourth-order valence-corrected chi connectivity index (χ4v) is 4.50. The van der Waals surface area contributed by atoms with Gasteiger partial charge in [-0.15, -0.1) is 21.5 Å². The molecule has 22 heavy (non-hydrogen) atoms. The summed E-state index contributed by atoms with van der Waals surface area (Å²) < 4.78 is 5.68. The molecule has 0 aliphatic heterocycles. The quantitative estimate of drug-likeness (QED) is 0.853. The first-order chi connectivity index (χ1) is 10.5. The molecule has 0 fully saturated rings. The summed E-state index contributed by atoms with van der Waals surface area (Å²) in [5.41, 5.74) is 1.81. The van der Waals surface area contributed by atoms with Crippen molar-refractivity contribution in [2.45, 2.75) is 45.3 Å². The van der Waals surface area contributed by atoms with E-state index in [0.29, 0.717) is 22.3 Å². The number of rotatable bonds is 4. The van der Waals surface area contributed by atoms with Crippen LogP contribution in [-0.2, 0) is 12.8 Å². The number of thioether (sulfide) groups is 1. The summed E-state index contributed by atoms with van der Waals surface area (Å²) in [4.78, 5) is 2.54. The Morgan fingerprint density at radius 1 is 1.41 bits per heavy atom. The number of aromatic nitrogens is 2. The van der Waals surface area contributed by atoms with Gasteiger partial charge >= 0.3 is 0 Å². The van der Waals surface area contributed by atoms with Gasteiger partial charge in [-0.05, 0) is 42.2 Å². The van der Waals surface area contributed by atoms with Gasteiger partial charge in [0.1, 0.15) is 0 Å². The lowest BCUT2D eigenvalue weighted by Crippen LogP contribution is -2.26. The zero-order valence-corrected chi connectivity index (χ0v) is 14.9. The summed E-state index contributed by atoms with van der Waals surface area (Å²) in [5.74, 6) is 1.92. The molecule has 1 atom stereocenters. The highest BCUT2D eigenvalue weighted by Crippen LogP contribution is 2.42. The van der Waals surface area contributed by atoms with E-state index in [4.69, 9.17) is 9.52 Å². The predicted molar refractivity (Wildman–Crippen MR) is 90.4 cm³/mol. The van der Waals surface area contributed by atoms with Gasteiger partial charge < -0.3 is 9.52 Å². The maximum Gasteiger partial charge on any atom is 0.276 e. The molecule has 1 aliphatic carbocycles. The van der Waals surface area contributed by atoms with Crippen molar-refractivity contribution in [2.24, 2.45) is 11.3 Å². The summed E-state index contributed by atoms with van der Waals surface area (Å²) in [6, 6.07) is 2.23. The van der Waals surface area contributed by atoms with Crippen LogP contribution in [0.5, 0.6) is 0 Å². The van der Waals surface area contributed by atoms with Crippen molar-refractivity contribution >= 4 is 23.1 Å². The van der Waals surface area contributed by atoms with Crippen LogP contribution in [0, 0.1) is 11.3 Å². The van der Waals surface area contributed by atoms with E-state index in [9.17, 15) is 0 Å². The molecular weight excluding hydrogens is 316 g/mol. The van der Waals surface area contributed by atoms with Crippen LogP contribution in [-0.4, -0.2) is 27.7 Å². The maximum atomic E-state index is 8.84. The van der Waals surface area contributed by atoms with Gasteiger partial charge in [-0.2, -0.15) is 0 Å². The van der Waals surface area contributed by atoms with Crippen molar-refractivity contribution in [2.75, 3.05) is 12.4 Å². The number of nitrogens with zero attached hydrogens (tertiary/aromatic N) is 2. The Hall–Kier alpha value is -0.850. The van der Waals surface area contributed by atoms with Gasteiger partial charge in [-0.3, -0.25) is 0 Å². The van der Waals surface area contributed by atoms with E-state index in [-0.39, 0.29) is 6.61 Å². The molecule has 0 spiro atoms. The minimum Gasteiger partial charge on any atom is -0.410 e. The minimum absolute atomic E-state index is 0.115. The monoisotopic (exact) mass is 338 g/mol. The van der Waals surface area contributed by atoms with Crippen molar-refractivity contribution in [3.05, 3.63) is 16.5 Å². The SMILES string of the molecule is CC(C)(C)[C@@H]1CCc2sc(-c3nnc(SCCO)o3)cc2C1. The lowest BCUT2D eigenvalue weighted by molar-refractivity contribution is 0.217. The van der Waals surface area contributed by atoms with Gasteiger partial charge in [0.15, 0.2) is 0 Å². The van der Waals surface area contributed by atoms with E-state index in [1.807, 2.05) is 0 Å². The Morgan fingerprint density at radius 2 is 2.23 bits per heavy atom. The number of aryl methyl sites for hydroxylation is 1. The first kappa shape index (κ1) is 16.0. The lowest BCUT2D eigenvalue weighted by Gasteiger charge is -2.33. The summed E-state index contributed by atoms with van der Waals surface area (Å²) in [5, 5.41) is 17.5. The number of hydrogen-bond acceptors (Lipinski definition) is 6. The molecule has 120 valence electrons. The predicted octanol–water partition coefficient (Wildman–Crippen LogP) is 4.03. The van der Waals surface area contributed by atoms with E-state index in [1.54, 1.807) is 11.3 Å². The van der Waals surface area contributed by atoms with Gasteiger partial charge in [-0.25, -0.2) is 0 Å². The number of hydrogen-bond donors (Lipinski definition) is 1. The average Bonchev–Trinajstić information content (AvgIpc) is 3.09. The molecule has 0 saturated carbocycles. The molecule has 1 N–H and O–H groups in total. The summed E-state index contributed by atoms with van der Waals surface area (Å²) >= 11 is 3.17. The molecule has 0 radical (unpaired) electrons. The molecule has 0 aromatic carbocycles. The largest absolute Gasteiger partial charge is 0.410 e. The van der Waals surface area contributed by atoms with E-state index in [2.05, 4.69) is 37.0 Å².